The second-order valence-electron chi connectivity index (χ2n) is 5.59. The Balaban J connectivity index is 1.97. The van der Waals surface area contributed by atoms with E-state index >= 15 is 0 Å². The van der Waals surface area contributed by atoms with E-state index in [1.165, 1.54) is 5.69 Å². The zero-order valence-corrected chi connectivity index (χ0v) is 12.8. The van der Waals surface area contributed by atoms with Crippen molar-refractivity contribution in [3.8, 4) is 0 Å². The molecule has 1 aromatic rings. The van der Waals surface area contributed by atoms with Gasteiger partial charge in [-0.3, -0.25) is 9.48 Å². The minimum absolute atomic E-state index is 0.0344. The smallest absolute Gasteiger partial charge is 0.237 e. The number of nitrogens with zero attached hydrogens (tertiary/aromatic N) is 2. The van der Waals surface area contributed by atoms with Crippen molar-refractivity contribution in [3.05, 3.63) is 17.5 Å². The average molecular weight is 278 g/mol. The molecule has 1 fully saturated rings. The van der Waals surface area contributed by atoms with Crippen LogP contribution in [0.4, 0.5) is 0 Å². The summed E-state index contributed by atoms with van der Waals surface area (Å²) in [5, 5.41) is 10.7. The highest BCUT2D eigenvalue weighted by atomic mass is 16.2. The topological polar surface area (TPSA) is 59.0 Å². The summed E-state index contributed by atoms with van der Waals surface area (Å²) in [6.45, 7) is 8.65. The van der Waals surface area contributed by atoms with Crippen LogP contribution in [0, 0.1) is 12.8 Å². The van der Waals surface area contributed by atoms with Gasteiger partial charge in [-0.1, -0.05) is 0 Å². The monoisotopic (exact) mass is 278 g/mol. The lowest BCUT2D eigenvalue weighted by Crippen LogP contribution is -2.49. The maximum absolute atomic E-state index is 11.9. The van der Waals surface area contributed by atoms with Crippen molar-refractivity contribution in [1.29, 1.82) is 0 Å². The second kappa shape index (κ2) is 6.88. The van der Waals surface area contributed by atoms with Crippen LogP contribution in [-0.2, 0) is 17.8 Å². The molecule has 2 N–H and O–H groups in total. The fraction of sp³-hybridized carbons (Fsp3) is 0.733. The third-order valence-corrected chi connectivity index (χ3v) is 3.96. The van der Waals surface area contributed by atoms with Crippen molar-refractivity contribution in [2.75, 3.05) is 13.1 Å². The quantitative estimate of drug-likeness (QED) is 0.852. The Bertz CT molecular complexity index is 455. The zero-order chi connectivity index (χ0) is 14.5. The molecule has 2 heterocycles. The maximum Gasteiger partial charge on any atom is 0.237 e. The Labute approximate surface area is 121 Å². The van der Waals surface area contributed by atoms with E-state index in [4.69, 9.17) is 0 Å². The molecular weight excluding hydrogens is 252 g/mol. The third-order valence-electron chi connectivity index (χ3n) is 3.96. The Morgan fingerprint density at radius 1 is 1.55 bits per heavy atom. The van der Waals surface area contributed by atoms with Crippen LogP contribution in [0.15, 0.2) is 6.07 Å². The summed E-state index contributed by atoms with van der Waals surface area (Å²) in [4.78, 5) is 11.9. The van der Waals surface area contributed by atoms with Gasteiger partial charge in [0.25, 0.3) is 0 Å². The Kier molecular flexibility index (Phi) is 5.17. The molecule has 20 heavy (non-hydrogen) atoms. The van der Waals surface area contributed by atoms with Crippen LogP contribution >= 0.6 is 0 Å². The number of amides is 1. The Morgan fingerprint density at radius 2 is 2.35 bits per heavy atom. The van der Waals surface area contributed by atoms with E-state index in [0.717, 1.165) is 38.0 Å². The molecule has 1 aliphatic rings. The molecule has 112 valence electrons. The van der Waals surface area contributed by atoms with Crippen molar-refractivity contribution in [3.63, 3.8) is 0 Å². The number of aromatic nitrogens is 2. The summed E-state index contributed by atoms with van der Waals surface area (Å²) < 4.78 is 2.08. The summed E-state index contributed by atoms with van der Waals surface area (Å²) in [6, 6.07) is 2.14. The van der Waals surface area contributed by atoms with Gasteiger partial charge >= 0.3 is 0 Å². The number of rotatable bonds is 5. The van der Waals surface area contributed by atoms with Crippen LogP contribution in [0.3, 0.4) is 0 Å². The van der Waals surface area contributed by atoms with Gasteiger partial charge < -0.3 is 10.6 Å². The zero-order valence-electron chi connectivity index (χ0n) is 12.8. The highest BCUT2D eigenvalue weighted by Crippen LogP contribution is 2.22. The van der Waals surface area contributed by atoms with E-state index in [9.17, 15) is 4.79 Å². The normalized spacial score (nSPS) is 22.8. The van der Waals surface area contributed by atoms with Gasteiger partial charge in [-0.25, -0.2) is 0 Å². The molecule has 0 aromatic carbocycles. The number of hydrogen-bond donors (Lipinski definition) is 2. The molecular formula is C15H26N4O. The van der Waals surface area contributed by atoms with Gasteiger partial charge in [0.15, 0.2) is 0 Å². The fourth-order valence-electron chi connectivity index (χ4n) is 3.01. The lowest BCUT2D eigenvalue weighted by Gasteiger charge is -2.29. The number of hydrogen-bond acceptors (Lipinski definition) is 3. The number of piperidine rings is 1. The van der Waals surface area contributed by atoms with Gasteiger partial charge in [-0.05, 0) is 58.6 Å². The molecule has 1 aromatic heterocycles. The van der Waals surface area contributed by atoms with E-state index in [-0.39, 0.29) is 11.9 Å². The van der Waals surface area contributed by atoms with Gasteiger partial charge in [0.1, 0.15) is 0 Å². The van der Waals surface area contributed by atoms with Crippen LogP contribution in [0.25, 0.3) is 0 Å². The van der Waals surface area contributed by atoms with Crippen LogP contribution in [-0.4, -0.2) is 34.8 Å². The van der Waals surface area contributed by atoms with Gasteiger partial charge in [-0.15, -0.1) is 0 Å². The number of aryl methyl sites for hydroxylation is 2. The molecule has 0 bridgehead atoms. The fourth-order valence-corrected chi connectivity index (χ4v) is 3.01. The van der Waals surface area contributed by atoms with E-state index in [0.29, 0.717) is 12.5 Å². The lowest BCUT2D eigenvalue weighted by molar-refractivity contribution is -0.123. The molecule has 1 amide bonds. The van der Waals surface area contributed by atoms with E-state index in [2.05, 4.69) is 33.4 Å². The molecule has 2 rings (SSSR count). The summed E-state index contributed by atoms with van der Waals surface area (Å²) in [6.07, 6.45) is 3.07. The number of carbonyl (C=O) groups is 1. The van der Waals surface area contributed by atoms with E-state index in [1.54, 1.807) is 0 Å². The highest BCUT2D eigenvalue weighted by molar-refractivity contribution is 5.81. The van der Waals surface area contributed by atoms with Gasteiger partial charge in [0.2, 0.25) is 5.91 Å². The Morgan fingerprint density at radius 3 is 3.05 bits per heavy atom. The molecule has 2 unspecified atom stereocenters. The Hall–Kier alpha value is -1.36. The molecule has 0 saturated carbocycles. The predicted molar refractivity (Wildman–Crippen MR) is 79.5 cm³/mol. The molecule has 1 aliphatic heterocycles. The molecule has 0 radical (unpaired) electrons. The SMILES string of the molecule is CCNC(=O)C1CC(Cc2cc(C)nn2CC)CCN1. The molecule has 0 aliphatic carbocycles. The van der Waals surface area contributed by atoms with Gasteiger partial charge in [-0.2, -0.15) is 5.10 Å². The van der Waals surface area contributed by atoms with Crippen LogP contribution in [0.2, 0.25) is 0 Å². The maximum atomic E-state index is 11.9. The number of nitrogens with one attached hydrogen (secondary N) is 2. The summed E-state index contributed by atoms with van der Waals surface area (Å²) in [5.74, 6) is 0.697. The summed E-state index contributed by atoms with van der Waals surface area (Å²) in [7, 11) is 0. The van der Waals surface area contributed by atoms with Crippen LogP contribution in [0.1, 0.15) is 38.1 Å². The summed E-state index contributed by atoms with van der Waals surface area (Å²) in [5.41, 5.74) is 2.38. The first kappa shape index (κ1) is 15.0. The third kappa shape index (κ3) is 3.60. The molecule has 5 nitrogen and oxygen atoms in total. The molecule has 2 atom stereocenters. The van der Waals surface area contributed by atoms with Crippen LogP contribution in [0.5, 0.6) is 0 Å². The van der Waals surface area contributed by atoms with Gasteiger partial charge in [0.05, 0.1) is 11.7 Å². The minimum Gasteiger partial charge on any atom is -0.355 e. The van der Waals surface area contributed by atoms with E-state index < -0.39 is 0 Å². The van der Waals surface area contributed by atoms with Gasteiger partial charge in [0, 0.05) is 18.8 Å². The van der Waals surface area contributed by atoms with Crippen molar-refractivity contribution < 1.29 is 4.79 Å². The first-order valence-corrected chi connectivity index (χ1v) is 7.68. The first-order chi connectivity index (χ1) is 9.63. The van der Waals surface area contributed by atoms with Crippen molar-refractivity contribution in [2.24, 2.45) is 5.92 Å². The van der Waals surface area contributed by atoms with Crippen molar-refractivity contribution in [1.82, 2.24) is 20.4 Å². The number of likely N-dealkylation sites (N-methyl/N-ethyl adjacent to an activating group) is 1. The van der Waals surface area contributed by atoms with Crippen LogP contribution < -0.4 is 10.6 Å². The standard InChI is InChI=1S/C15H26N4O/c1-4-16-15(20)14-10-12(6-7-17-14)9-13-8-11(3)18-19(13)5-2/h8,12,14,17H,4-7,9-10H2,1-3H3,(H,16,20). The van der Waals surface area contributed by atoms with Crippen molar-refractivity contribution >= 4 is 5.91 Å². The van der Waals surface area contributed by atoms with Crippen molar-refractivity contribution in [2.45, 2.75) is 52.6 Å². The van der Waals surface area contributed by atoms with E-state index in [1.807, 2.05) is 13.8 Å². The average Bonchev–Trinajstić information content (AvgIpc) is 2.79. The lowest BCUT2D eigenvalue weighted by atomic mass is 9.88. The minimum atomic E-state index is -0.0344. The molecule has 0 spiro atoms. The first-order valence-electron chi connectivity index (χ1n) is 7.68. The summed E-state index contributed by atoms with van der Waals surface area (Å²) >= 11 is 0. The molecule has 5 heteroatoms. The largest absolute Gasteiger partial charge is 0.355 e. The predicted octanol–water partition coefficient (Wildman–Crippen LogP) is 1.26. The molecule has 1 saturated heterocycles. The number of carbonyl (C=O) groups excluding carboxylic acids is 1. The highest BCUT2D eigenvalue weighted by Gasteiger charge is 2.27. The second-order valence-corrected chi connectivity index (χ2v) is 5.59.